The van der Waals surface area contributed by atoms with E-state index in [1.807, 2.05) is 6.07 Å². The van der Waals surface area contributed by atoms with Crippen LogP contribution < -0.4 is 10.1 Å². The van der Waals surface area contributed by atoms with Crippen molar-refractivity contribution in [1.29, 1.82) is 0 Å². The number of anilines is 1. The number of aliphatic carboxylic acids is 1. The van der Waals surface area contributed by atoms with Crippen LogP contribution in [0.1, 0.15) is 19.4 Å². The van der Waals surface area contributed by atoms with Gasteiger partial charge in [-0.1, -0.05) is 13.8 Å². The molecule has 0 radical (unpaired) electrons. The first-order valence-electron chi connectivity index (χ1n) is 6.28. The molecule has 5 heteroatoms. The van der Waals surface area contributed by atoms with E-state index in [1.165, 1.54) is 0 Å². The van der Waals surface area contributed by atoms with Crippen LogP contribution in [0.15, 0.2) is 18.2 Å². The first-order chi connectivity index (χ1) is 8.99. The summed E-state index contributed by atoms with van der Waals surface area (Å²) in [6.07, 6.45) is 0.811. The van der Waals surface area contributed by atoms with Gasteiger partial charge in [-0.2, -0.15) is 0 Å². The zero-order chi connectivity index (χ0) is 14.0. The molecule has 1 aliphatic rings. The van der Waals surface area contributed by atoms with Crippen molar-refractivity contribution in [3.8, 4) is 5.75 Å². The molecule has 1 unspecified atom stereocenters. The van der Waals surface area contributed by atoms with Crippen molar-refractivity contribution in [2.24, 2.45) is 11.8 Å². The molecular formula is C14H17NO4. The summed E-state index contributed by atoms with van der Waals surface area (Å²) in [5.41, 5.74) is 1.65. The average molecular weight is 263 g/mol. The third kappa shape index (κ3) is 2.86. The standard InChI is InChI=1S/C14H17NO4/c1-8(2)12(14(17)18)13(16)15-10-3-4-11-9(7-10)5-6-19-11/h3-4,7-8,12H,5-6H2,1-2H3,(H,15,16)(H,17,18). The number of carboxylic acids is 1. The summed E-state index contributed by atoms with van der Waals surface area (Å²) in [5, 5.41) is 11.7. The molecule has 0 aromatic heterocycles. The highest BCUT2D eigenvalue weighted by Gasteiger charge is 2.29. The highest BCUT2D eigenvalue weighted by Crippen LogP contribution is 2.28. The maximum Gasteiger partial charge on any atom is 0.316 e. The smallest absolute Gasteiger partial charge is 0.316 e. The Hall–Kier alpha value is -2.04. The number of rotatable bonds is 4. The monoisotopic (exact) mass is 263 g/mol. The molecule has 19 heavy (non-hydrogen) atoms. The zero-order valence-corrected chi connectivity index (χ0v) is 11.0. The molecule has 5 nitrogen and oxygen atoms in total. The maximum atomic E-state index is 12.0. The Morgan fingerprint density at radius 2 is 2.11 bits per heavy atom. The van der Waals surface area contributed by atoms with Gasteiger partial charge in [-0.05, 0) is 29.7 Å². The van der Waals surface area contributed by atoms with Crippen LogP contribution in [0.25, 0.3) is 0 Å². The van der Waals surface area contributed by atoms with Gasteiger partial charge in [0.15, 0.2) is 0 Å². The fourth-order valence-electron chi connectivity index (χ4n) is 2.18. The van der Waals surface area contributed by atoms with Gasteiger partial charge in [0.1, 0.15) is 11.7 Å². The Balaban J connectivity index is 2.12. The summed E-state index contributed by atoms with van der Waals surface area (Å²) < 4.78 is 5.38. The van der Waals surface area contributed by atoms with Gasteiger partial charge in [0.05, 0.1) is 6.61 Å². The highest BCUT2D eigenvalue weighted by molar-refractivity contribution is 6.04. The second-order valence-corrected chi connectivity index (χ2v) is 4.97. The average Bonchev–Trinajstić information content (AvgIpc) is 2.74. The van der Waals surface area contributed by atoms with Crippen molar-refractivity contribution < 1.29 is 19.4 Å². The van der Waals surface area contributed by atoms with E-state index in [0.717, 1.165) is 17.7 Å². The number of carbonyl (C=O) groups is 2. The fraction of sp³-hybridized carbons (Fsp3) is 0.429. The van der Waals surface area contributed by atoms with E-state index in [1.54, 1.807) is 26.0 Å². The lowest BCUT2D eigenvalue weighted by Gasteiger charge is -2.16. The predicted molar refractivity (Wildman–Crippen MR) is 70.2 cm³/mol. The summed E-state index contributed by atoms with van der Waals surface area (Å²) in [5.74, 6) is -2.05. The molecule has 2 N–H and O–H groups in total. The van der Waals surface area contributed by atoms with E-state index in [2.05, 4.69) is 5.32 Å². The van der Waals surface area contributed by atoms with Crippen LogP contribution in [0.2, 0.25) is 0 Å². The number of nitrogens with one attached hydrogen (secondary N) is 1. The number of carboxylic acid groups (broad SMARTS) is 1. The van der Waals surface area contributed by atoms with E-state index in [0.29, 0.717) is 12.3 Å². The van der Waals surface area contributed by atoms with Gasteiger partial charge in [-0.25, -0.2) is 0 Å². The van der Waals surface area contributed by atoms with E-state index >= 15 is 0 Å². The van der Waals surface area contributed by atoms with Crippen molar-refractivity contribution in [2.75, 3.05) is 11.9 Å². The van der Waals surface area contributed by atoms with Gasteiger partial charge in [-0.3, -0.25) is 9.59 Å². The number of benzene rings is 1. The number of amides is 1. The molecule has 102 valence electrons. The normalized spacial score (nSPS) is 14.7. The van der Waals surface area contributed by atoms with Crippen molar-refractivity contribution in [3.63, 3.8) is 0 Å². The molecule has 0 saturated heterocycles. The van der Waals surface area contributed by atoms with Crippen molar-refractivity contribution in [1.82, 2.24) is 0 Å². The predicted octanol–water partition coefficient (Wildman–Crippen LogP) is 1.92. The van der Waals surface area contributed by atoms with Crippen LogP contribution in [0, 0.1) is 11.8 Å². The molecule has 0 aliphatic carbocycles. The minimum absolute atomic E-state index is 0.254. The van der Waals surface area contributed by atoms with Crippen LogP contribution in [-0.2, 0) is 16.0 Å². The SMILES string of the molecule is CC(C)C(C(=O)O)C(=O)Nc1ccc2c(c1)CCO2. The molecule has 1 aliphatic heterocycles. The lowest BCUT2D eigenvalue weighted by Crippen LogP contribution is -2.33. The number of fused-ring (bicyclic) bond motifs is 1. The minimum Gasteiger partial charge on any atom is -0.493 e. The lowest BCUT2D eigenvalue weighted by atomic mass is 9.95. The van der Waals surface area contributed by atoms with Gasteiger partial charge in [0.25, 0.3) is 0 Å². The molecular weight excluding hydrogens is 246 g/mol. The van der Waals surface area contributed by atoms with Gasteiger partial charge in [0, 0.05) is 12.1 Å². The Kier molecular flexibility index (Phi) is 3.74. The van der Waals surface area contributed by atoms with Gasteiger partial charge >= 0.3 is 5.97 Å². The Morgan fingerprint density at radius 1 is 1.37 bits per heavy atom. The zero-order valence-electron chi connectivity index (χ0n) is 11.0. The summed E-state index contributed by atoms with van der Waals surface area (Å²) in [6.45, 7) is 4.08. The number of hydrogen-bond acceptors (Lipinski definition) is 3. The summed E-state index contributed by atoms with van der Waals surface area (Å²) in [4.78, 5) is 23.1. The maximum absolute atomic E-state index is 12.0. The van der Waals surface area contributed by atoms with E-state index in [4.69, 9.17) is 9.84 Å². The van der Waals surface area contributed by atoms with Crippen molar-refractivity contribution in [3.05, 3.63) is 23.8 Å². The first-order valence-corrected chi connectivity index (χ1v) is 6.28. The molecule has 0 saturated carbocycles. The van der Waals surface area contributed by atoms with Crippen LogP contribution in [0.5, 0.6) is 5.75 Å². The van der Waals surface area contributed by atoms with Gasteiger partial charge in [-0.15, -0.1) is 0 Å². The number of hydrogen-bond donors (Lipinski definition) is 2. The van der Waals surface area contributed by atoms with Crippen LogP contribution >= 0.6 is 0 Å². The molecule has 1 aromatic rings. The Labute approximate surface area is 111 Å². The van der Waals surface area contributed by atoms with E-state index < -0.39 is 17.8 Å². The third-order valence-electron chi connectivity index (χ3n) is 3.17. The second-order valence-electron chi connectivity index (χ2n) is 4.97. The van der Waals surface area contributed by atoms with Crippen molar-refractivity contribution >= 4 is 17.6 Å². The summed E-state index contributed by atoms with van der Waals surface area (Å²) in [6, 6.07) is 5.35. The molecule has 0 fully saturated rings. The summed E-state index contributed by atoms with van der Waals surface area (Å²) in [7, 11) is 0. The molecule has 2 rings (SSSR count). The molecule has 0 bridgehead atoms. The van der Waals surface area contributed by atoms with Crippen LogP contribution in [0.3, 0.4) is 0 Å². The number of ether oxygens (including phenoxy) is 1. The molecule has 1 amide bonds. The lowest BCUT2D eigenvalue weighted by molar-refractivity contribution is -0.147. The minimum atomic E-state index is -1.10. The highest BCUT2D eigenvalue weighted by atomic mass is 16.5. The molecule has 1 atom stereocenters. The largest absolute Gasteiger partial charge is 0.493 e. The molecule has 0 spiro atoms. The first kappa shape index (κ1) is 13.4. The van der Waals surface area contributed by atoms with Gasteiger partial charge in [0.2, 0.25) is 5.91 Å². The van der Waals surface area contributed by atoms with Crippen molar-refractivity contribution in [2.45, 2.75) is 20.3 Å². The quantitative estimate of drug-likeness (QED) is 0.814. The van der Waals surface area contributed by atoms with E-state index in [9.17, 15) is 9.59 Å². The second kappa shape index (κ2) is 5.30. The number of carbonyl (C=O) groups excluding carboxylic acids is 1. The third-order valence-corrected chi connectivity index (χ3v) is 3.17. The van der Waals surface area contributed by atoms with Gasteiger partial charge < -0.3 is 15.2 Å². The Bertz CT molecular complexity index is 510. The molecule has 1 aromatic carbocycles. The fourth-order valence-corrected chi connectivity index (χ4v) is 2.18. The summed E-state index contributed by atoms with van der Waals surface area (Å²) >= 11 is 0. The van der Waals surface area contributed by atoms with Crippen LogP contribution in [0.4, 0.5) is 5.69 Å². The molecule has 1 heterocycles. The van der Waals surface area contributed by atoms with Crippen LogP contribution in [-0.4, -0.2) is 23.6 Å². The Morgan fingerprint density at radius 3 is 2.74 bits per heavy atom. The topological polar surface area (TPSA) is 75.6 Å². The van der Waals surface area contributed by atoms with E-state index in [-0.39, 0.29) is 5.92 Å².